The van der Waals surface area contributed by atoms with Gasteiger partial charge in [0.15, 0.2) is 0 Å². The second-order valence-electron chi connectivity index (χ2n) is 12.6. The third kappa shape index (κ3) is 3.78. The number of carbonyl (C=O) groups excluding carboxylic acids is 2. The molecule has 0 bridgehead atoms. The van der Waals surface area contributed by atoms with Crippen LogP contribution >= 0.6 is 54.5 Å². The predicted molar refractivity (Wildman–Crippen MR) is 154 cm³/mol. The third-order valence-electron chi connectivity index (χ3n) is 11.0. The minimum atomic E-state index is 0.232. The molecular formula is C30H34Br2O2S2. The first-order valence-corrected chi connectivity index (χ1v) is 17.1. The molecule has 0 radical (unpaired) electrons. The van der Waals surface area contributed by atoms with Crippen LogP contribution in [0.5, 0.6) is 0 Å². The van der Waals surface area contributed by atoms with Crippen LogP contribution in [-0.2, 0) is 9.59 Å². The molecule has 5 aliphatic carbocycles. The Kier molecular flexibility index (Phi) is 6.27. The second kappa shape index (κ2) is 9.13. The average Bonchev–Trinajstić information content (AvgIpc) is 3.55. The molecule has 5 aliphatic rings. The maximum atomic E-state index is 13.9. The Morgan fingerprint density at radius 1 is 0.611 bits per heavy atom. The lowest BCUT2D eigenvalue weighted by molar-refractivity contribution is -0.129. The molecular weight excluding hydrogens is 616 g/mol. The topological polar surface area (TPSA) is 34.1 Å². The number of carbonyl (C=O) groups is 2. The van der Waals surface area contributed by atoms with E-state index in [4.69, 9.17) is 0 Å². The molecule has 5 fully saturated rings. The number of Topliss-reactive ketones (excluding diaryl/α,β-unsaturated/α-hetero) is 2. The molecule has 5 saturated carbocycles. The molecule has 2 heterocycles. The van der Waals surface area contributed by atoms with E-state index < -0.39 is 0 Å². The highest BCUT2D eigenvalue weighted by Gasteiger charge is 2.61. The summed E-state index contributed by atoms with van der Waals surface area (Å²) in [6, 6.07) is 4.47. The number of thiophene rings is 2. The van der Waals surface area contributed by atoms with E-state index in [-0.39, 0.29) is 23.7 Å². The molecule has 7 rings (SSSR count). The van der Waals surface area contributed by atoms with Crippen molar-refractivity contribution in [3.8, 4) is 0 Å². The molecule has 0 aromatic carbocycles. The zero-order valence-electron chi connectivity index (χ0n) is 21.0. The van der Waals surface area contributed by atoms with E-state index in [1.165, 1.54) is 54.1 Å². The molecule has 0 N–H and O–H groups in total. The van der Waals surface area contributed by atoms with Crippen molar-refractivity contribution in [3.05, 3.63) is 40.6 Å². The van der Waals surface area contributed by atoms with Crippen molar-refractivity contribution >= 4 is 66.1 Å². The molecule has 0 saturated heterocycles. The van der Waals surface area contributed by atoms with Crippen molar-refractivity contribution in [2.24, 2.45) is 47.3 Å². The zero-order valence-corrected chi connectivity index (χ0v) is 25.8. The largest absolute Gasteiger partial charge is 0.299 e. The van der Waals surface area contributed by atoms with Gasteiger partial charge in [-0.3, -0.25) is 9.59 Å². The van der Waals surface area contributed by atoms with Gasteiger partial charge >= 0.3 is 0 Å². The van der Waals surface area contributed by atoms with Crippen LogP contribution in [0.3, 0.4) is 0 Å². The van der Waals surface area contributed by atoms with Gasteiger partial charge in [-0.1, -0.05) is 0 Å². The van der Waals surface area contributed by atoms with E-state index in [1.807, 2.05) is 22.7 Å². The molecule has 2 aromatic heterocycles. The smallest absolute Gasteiger partial charge is 0.139 e. The Hall–Kier alpha value is -0.300. The van der Waals surface area contributed by atoms with Gasteiger partial charge in [0.2, 0.25) is 0 Å². The Morgan fingerprint density at radius 3 is 1.36 bits per heavy atom. The van der Waals surface area contributed by atoms with Crippen LogP contribution in [0.4, 0.5) is 0 Å². The fourth-order valence-corrected chi connectivity index (χ4v) is 13.5. The summed E-state index contributed by atoms with van der Waals surface area (Å²) >= 11 is 11.1. The minimum Gasteiger partial charge on any atom is -0.299 e. The fraction of sp³-hybridized carbons (Fsp3) is 0.667. The summed E-state index contributed by atoms with van der Waals surface area (Å²) in [7, 11) is 0. The summed E-state index contributed by atoms with van der Waals surface area (Å²) in [5.41, 5.74) is 2.76. The molecule has 10 atom stereocenters. The van der Waals surface area contributed by atoms with Crippen molar-refractivity contribution < 1.29 is 9.59 Å². The second-order valence-corrected chi connectivity index (χ2v) is 17.5. The number of hydrogen-bond donors (Lipinski definition) is 0. The van der Waals surface area contributed by atoms with E-state index in [0.717, 1.165) is 25.7 Å². The van der Waals surface area contributed by atoms with Gasteiger partial charge in [0, 0.05) is 33.4 Å². The van der Waals surface area contributed by atoms with E-state index >= 15 is 0 Å². The van der Waals surface area contributed by atoms with Gasteiger partial charge in [-0.05, 0) is 156 Å². The molecule has 192 valence electrons. The SMILES string of the molecule is Cc1cc(Br)sc1C1CCC2C(C1)C(=O)C1CC3C(CC12)C(=O)C1CC(c2sc(Br)cc2C)CCC13. The van der Waals surface area contributed by atoms with Gasteiger partial charge in [0.1, 0.15) is 11.6 Å². The number of aryl methyl sites for hydroxylation is 2. The van der Waals surface area contributed by atoms with E-state index in [2.05, 4.69) is 57.8 Å². The van der Waals surface area contributed by atoms with Crippen LogP contribution in [0.15, 0.2) is 19.7 Å². The van der Waals surface area contributed by atoms with Crippen LogP contribution in [0.25, 0.3) is 0 Å². The van der Waals surface area contributed by atoms with Crippen molar-refractivity contribution in [1.82, 2.24) is 0 Å². The van der Waals surface area contributed by atoms with Gasteiger partial charge in [-0.25, -0.2) is 0 Å². The van der Waals surface area contributed by atoms with E-state index in [9.17, 15) is 9.59 Å². The van der Waals surface area contributed by atoms with Crippen molar-refractivity contribution in [1.29, 1.82) is 0 Å². The molecule has 6 heteroatoms. The minimum absolute atomic E-state index is 0.232. The highest BCUT2D eigenvalue weighted by Crippen LogP contribution is 2.63. The Balaban J connectivity index is 1.09. The van der Waals surface area contributed by atoms with Crippen molar-refractivity contribution in [2.75, 3.05) is 0 Å². The molecule has 0 amide bonds. The molecule has 36 heavy (non-hydrogen) atoms. The lowest BCUT2D eigenvalue weighted by atomic mass is 9.64. The lowest BCUT2D eigenvalue weighted by Crippen LogP contribution is -2.35. The molecule has 2 aromatic rings. The first-order chi connectivity index (χ1) is 17.3. The predicted octanol–water partition coefficient (Wildman–Crippen LogP) is 9.08. The van der Waals surface area contributed by atoms with Crippen LogP contribution < -0.4 is 0 Å². The normalized spacial score (nSPS) is 41.7. The number of halogens is 2. The van der Waals surface area contributed by atoms with E-state index in [0.29, 0.717) is 47.1 Å². The molecule has 0 aliphatic heterocycles. The third-order valence-corrected chi connectivity index (χ3v) is 14.9. The first-order valence-electron chi connectivity index (χ1n) is 13.9. The average molecular weight is 651 g/mol. The highest BCUT2D eigenvalue weighted by molar-refractivity contribution is 9.11. The first kappa shape index (κ1) is 24.7. The summed E-state index contributed by atoms with van der Waals surface area (Å²) in [6.07, 6.45) is 8.85. The zero-order chi connectivity index (χ0) is 24.9. The number of rotatable bonds is 2. The molecule has 10 unspecified atom stereocenters. The number of ketones is 2. The maximum absolute atomic E-state index is 13.9. The number of fused-ring (bicyclic) bond motifs is 6. The van der Waals surface area contributed by atoms with Gasteiger partial charge in [0.05, 0.1) is 7.57 Å². The summed E-state index contributed by atoms with van der Waals surface area (Å²) in [5.74, 6) is 5.14. The van der Waals surface area contributed by atoms with Crippen LogP contribution in [0, 0.1) is 61.2 Å². The van der Waals surface area contributed by atoms with Crippen LogP contribution in [0.1, 0.15) is 84.1 Å². The number of hydrogen-bond acceptors (Lipinski definition) is 4. The maximum Gasteiger partial charge on any atom is 0.139 e. The standard InChI is InChI=1S/C30H34Br2O2S2/c1-13-7-25(31)35-29(13)15-3-5-17-19-11-24-20(12-23(19)27(33)21(17)9-15)18-6-4-16(10-22(18)28(24)34)30-14(2)8-26(32)36-30/h7-8,15-24H,3-6,9-12H2,1-2H3. The van der Waals surface area contributed by atoms with Gasteiger partial charge in [-0.15, -0.1) is 22.7 Å². The van der Waals surface area contributed by atoms with Gasteiger partial charge in [0.25, 0.3) is 0 Å². The summed E-state index contributed by atoms with van der Waals surface area (Å²) in [4.78, 5) is 30.7. The van der Waals surface area contributed by atoms with E-state index in [1.54, 1.807) is 0 Å². The van der Waals surface area contributed by atoms with Crippen LogP contribution in [-0.4, -0.2) is 11.6 Å². The highest BCUT2D eigenvalue weighted by atomic mass is 79.9. The van der Waals surface area contributed by atoms with Crippen molar-refractivity contribution in [2.45, 2.75) is 77.0 Å². The fourth-order valence-electron chi connectivity index (χ4n) is 9.68. The van der Waals surface area contributed by atoms with Crippen LogP contribution in [0.2, 0.25) is 0 Å². The molecule has 0 spiro atoms. The Labute approximate surface area is 239 Å². The Morgan fingerprint density at radius 2 is 1.00 bits per heavy atom. The summed E-state index contributed by atoms with van der Waals surface area (Å²) < 4.78 is 2.42. The Bertz CT molecular complexity index is 1140. The molecule has 2 nitrogen and oxygen atoms in total. The van der Waals surface area contributed by atoms with Gasteiger partial charge < -0.3 is 0 Å². The van der Waals surface area contributed by atoms with Gasteiger partial charge in [-0.2, -0.15) is 0 Å². The lowest BCUT2D eigenvalue weighted by Gasteiger charge is -2.40. The summed E-state index contributed by atoms with van der Waals surface area (Å²) in [6.45, 7) is 4.44. The monoisotopic (exact) mass is 648 g/mol. The quantitative estimate of drug-likeness (QED) is 0.325. The van der Waals surface area contributed by atoms with Crippen molar-refractivity contribution in [3.63, 3.8) is 0 Å². The summed E-state index contributed by atoms with van der Waals surface area (Å²) in [5, 5.41) is 0.